The maximum Gasteiger partial charge on any atom is 0.243 e. The summed E-state index contributed by atoms with van der Waals surface area (Å²) in [5.41, 5.74) is 1.63. The summed E-state index contributed by atoms with van der Waals surface area (Å²) >= 11 is 0. The average molecular weight is 327 g/mol. The summed E-state index contributed by atoms with van der Waals surface area (Å²) in [5.74, 6) is -1.07. The fraction of sp³-hybridized carbons (Fsp3) is 0.429. The van der Waals surface area contributed by atoms with Gasteiger partial charge in [-0.1, -0.05) is 0 Å². The second kappa shape index (κ2) is 7.79. The number of carbonyl (C=O) groups excluding carboxylic acids is 2. The molecule has 0 aromatic heterocycles. The second-order valence-electron chi connectivity index (χ2n) is 5.15. The van der Waals surface area contributed by atoms with Crippen LogP contribution in [0.1, 0.15) is 6.42 Å². The lowest BCUT2D eigenvalue weighted by molar-refractivity contribution is -0.123. The summed E-state index contributed by atoms with van der Waals surface area (Å²) in [7, 11) is 0.650. The molecule has 8 heteroatoms. The molecule has 0 saturated heterocycles. The Morgan fingerprint density at radius 1 is 1.09 bits per heavy atom. The van der Waals surface area contributed by atoms with E-state index in [0.717, 1.165) is 11.9 Å². The van der Waals surface area contributed by atoms with Gasteiger partial charge in [-0.3, -0.25) is 9.59 Å². The van der Waals surface area contributed by atoms with Crippen LogP contribution in [0, 0.1) is 0 Å². The van der Waals surface area contributed by atoms with Gasteiger partial charge in [-0.2, -0.15) is 0 Å². The van der Waals surface area contributed by atoms with Crippen LogP contribution in [0.5, 0.6) is 0 Å². The van der Waals surface area contributed by atoms with E-state index in [2.05, 4.69) is 10.6 Å². The molecule has 1 aromatic carbocycles. The molecule has 0 aliphatic carbocycles. The standard InChI is InChI=1S/C14H21N3O4S/c1-17(2)12-6-4-11(5-7-12)16-14(19)10-15-13(18)8-9-22(3,20)21/h4-7H,8-10H2,1-3H3,(H,15,18)(H,16,19). The van der Waals surface area contributed by atoms with E-state index in [9.17, 15) is 18.0 Å². The third-order valence-corrected chi connectivity index (χ3v) is 3.76. The van der Waals surface area contributed by atoms with Gasteiger partial charge in [0.25, 0.3) is 0 Å². The van der Waals surface area contributed by atoms with Crippen LogP contribution in [0.3, 0.4) is 0 Å². The number of nitrogens with one attached hydrogen (secondary N) is 2. The molecule has 0 saturated carbocycles. The van der Waals surface area contributed by atoms with Gasteiger partial charge in [-0.05, 0) is 24.3 Å². The third kappa shape index (κ3) is 7.07. The minimum atomic E-state index is -3.18. The van der Waals surface area contributed by atoms with E-state index >= 15 is 0 Å². The molecule has 0 unspecified atom stereocenters. The Kier molecular flexibility index (Phi) is 6.36. The van der Waals surface area contributed by atoms with Crippen LogP contribution in [0.15, 0.2) is 24.3 Å². The van der Waals surface area contributed by atoms with E-state index in [1.54, 1.807) is 12.1 Å². The lowest BCUT2D eigenvalue weighted by Crippen LogP contribution is -2.33. The SMILES string of the molecule is CN(C)c1ccc(NC(=O)CNC(=O)CCS(C)(=O)=O)cc1. The first-order valence-corrected chi connectivity index (χ1v) is 8.75. The summed E-state index contributed by atoms with van der Waals surface area (Å²) in [6.07, 6.45) is 0.911. The number of anilines is 2. The molecule has 2 amide bonds. The highest BCUT2D eigenvalue weighted by atomic mass is 32.2. The number of hydrogen-bond acceptors (Lipinski definition) is 5. The lowest BCUT2D eigenvalue weighted by atomic mass is 10.2. The van der Waals surface area contributed by atoms with Gasteiger partial charge in [0.2, 0.25) is 11.8 Å². The van der Waals surface area contributed by atoms with Crippen LogP contribution in [0.2, 0.25) is 0 Å². The van der Waals surface area contributed by atoms with Crippen LogP contribution in [0.4, 0.5) is 11.4 Å². The average Bonchev–Trinajstić information content (AvgIpc) is 2.42. The van der Waals surface area contributed by atoms with Crippen molar-refractivity contribution in [3.63, 3.8) is 0 Å². The van der Waals surface area contributed by atoms with Crippen LogP contribution < -0.4 is 15.5 Å². The van der Waals surface area contributed by atoms with Crippen LogP contribution in [-0.2, 0) is 19.4 Å². The topological polar surface area (TPSA) is 95.6 Å². The number of carbonyl (C=O) groups is 2. The molecule has 0 atom stereocenters. The molecule has 0 aliphatic heterocycles. The zero-order valence-corrected chi connectivity index (χ0v) is 13.7. The number of rotatable bonds is 7. The first kappa shape index (κ1) is 18.0. The maximum atomic E-state index is 11.7. The first-order chi connectivity index (χ1) is 10.2. The predicted molar refractivity (Wildman–Crippen MR) is 86.7 cm³/mol. The first-order valence-electron chi connectivity index (χ1n) is 6.69. The van der Waals surface area contributed by atoms with Gasteiger partial charge in [0, 0.05) is 38.1 Å². The summed E-state index contributed by atoms with van der Waals surface area (Å²) in [5, 5.41) is 5.03. The molecule has 0 bridgehead atoms. The normalized spacial score (nSPS) is 10.9. The lowest BCUT2D eigenvalue weighted by Gasteiger charge is -2.13. The Morgan fingerprint density at radius 2 is 1.68 bits per heavy atom. The van der Waals surface area contributed by atoms with Crippen LogP contribution in [0.25, 0.3) is 0 Å². The maximum absolute atomic E-state index is 11.7. The Labute approximate surface area is 130 Å². The van der Waals surface area contributed by atoms with Crippen LogP contribution in [-0.4, -0.2) is 52.9 Å². The second-order valence-corrected chi connectivity index (χ2v) is 7.41. The van der Waals surface area contributed by atoms with Crippen molar-refractivity contribution in [1.82, 2.24) is 5.32 Å². The zero-order valence-electron chi connectivity index (χ0n) is 12.9. The predicted octanol–water partition coefficient (Wildman–Crippen LogP) is 0.242. The Hall–Kier alpha value is -2.09. The number of benzene rings is 1. The van der Waals surface area contributed by atoms with E-state index in [4.69, 9.17) is 0 Å². The molecule has 0 radical (unpaired) electrons. The van der Waals surface area contributed by atoms with E-state index in [-0.39, 0.29) is 24.6 Å². The zero-order chi connectivity index (χ0) is 16.8. The van der Waals surface area contributed by atoms with Crippen molar-refractivity contribution in [3.05, 3.63) is 24.3 Å². The van der Waals surface area contributed by atoms with E-state index in [1.807, 2.05) is 31.1 Å². The van der Waals surface area contributed by atoms with Crippen LogP contribution >= 0.6 is 0 Å². The highest BCUT2D eigenvalue weighted by Crippen LogP contribution is 2.15. The molecule has 1 aromatic rings. The van der Waals surface area contributed by atoms with Crippen molar-refractivity contribution in [2.75, 3.05) is 42.9 Å². The summed E-state index contributed by atoms with van der Waals surface area (Å²) in [6, 6.07) is 7.25. The number of sulfone groups is 1. The summed E-state index contributed by atoms with van der Waals surface area (Å²) in [6.45, 7) is -0.196. The third-order valence-electron chi connectivity index (χ3n) is 2.81. The minimum absolute atomic E-state index is 0.149. The van der Waals surface area contributed by atoms with Crippen molar-refractivity contribution in [2.45, 2.75) is 6.42 Å². The van der Waals surface area contributed by atoms with Crippen molar-refractivity contribution in [3.8, 4) is 0 Å². The van der Waals surface area contributed by atoms with E-state index in [0.29, 0.717) is 5.69 Å². The molecule has 0 fully saturated rings. The van der Waals surface area contributed by atoms with Gasteiger partial charge in [0.15, 0.2) is 0 Å². The molecular formula is C14H21N3O4S. The minimum Gasteiger partial charge on any atom is -0.378 e. The fourth-order valence-corrected chi connectivity index (χ4v) is 2.15. The molecule has 1 rings (SSSR count). The smallest absolute Gasteiger partial charge is 0.243 e. The summed E-state index contributed by atoms with van der Waals surface area (Å²) < 4.78 is 21.9. The molecule has 122 valence electrons. The van der Waals surface area contributed by atoms with E-state index < -0.39 is 15.7 Å². The van der Waals surface area contributed by atoms with E-state index in [1.165, 1.54) is 0 Å². The molecule has 0 spiro atoms. The van der Waals surface area contributed by atoms with Gasteiger partial charge in [0.1, 0.15) is 9.84 Å². The Bertz CT molecular complexity index is 624. The number of hydrogen-bond donors (Lipinski definition) is 2. The Morgan fingerprint density at radius 3 is 2.18 bits per heavy atom. The van der Waals surface area contributed by atoms with Gasteiger partial charge in [-0.25, -0.2) is 8.42 Å². The quantitative estimate of drug-likeness (QED) is 0.748. The highest BCUT2D eigenvalue weighted by Gasteiger charge is 2.09. The van der Waals surface area contributed by atoms with Gasteiger partial charge in [-0.15, -0.1) is 0 Å². The van der Waals surface area contributed by atoms with Crippen molar-refractivity contribution in [1.29, 1.82) is 0 Å². The fourth-order valence-electron chi connectivity index (χ4n) is 1.59. The number of nitrogens with zero attached hydrogens (tertiary/aromatic N) is 1. The van der Waals surface area contributed by atoms with Crippen molar-refractivity contribution in [2.24, 2.45) is 0 Å². The Balaban J connectivity index is 2.38. The molecule has 0 heterocycles. The van der Waals surface area contributed by atoms with Crippen molar-refractivity contribution >= 4 is 33.0 Å². The van der Waals surface area contributed by atoms with Gasteiger partial charge < -0.3 is 15.5 Å². The largest absolute Gasteiger partial charge is 0.378 e. The van der Waals surface area contributed by atoms with Crippen molar-refractivity contribution < 1.29 is 18.0 Å². The molecular weight excluding hydrogens is 306 g/mol. The molecule has 7 nitrogen and oxygen atoms in total. The molecule has 0 aliphatic rings. The number of amides is 2. The molecule has 2 N–H and O–H groups in total. The monoisotopic (exact) mass is 327 g/mol. The van der Waals surface area contributed by atoms with Gasteiger partial charge in [0.05, 0.1) is 12.3 Å². The highest BCUT2D eigenvalue weighted by molar-refractivity contribution is 7.90. The summed E-state index contributed by atoms with van der Waals surface area (Å²) in [4.78, 5) is 25.0. The van der Waals surface area contributed by atoms with Gasteiger partial charge >= 0.3 is 0 Å². The molecule has 22 heavy (non-hydrogen) atoms.